The van der Waals surface area contributed by atoms with Crippen molar-refractivity contribution in [2.45, 2.75) is 38.4 Å². The van der Waals surface area contributed by atoms with Crippen LogP contribution in [0, 0.1) is 0 Å². The zero-order valence-electron chi connectivity index (χ0n) is 10.4. The van der Waals surface area contributed by atoms with E-state index in [0.29, 0.717) is 5.91 Å². The summed E-state index contributed by atoms with van der Waals surface area (Å²) < 4.78 is 5.26. The highest BCUT2D eigenvalue weighted by atomic mass is 32.2. The van der Waals surface area contributed by atoms with Crippen molar-refractivity contribution in [3.05, 3.63) is 0 Å². The zero-order valence-corrected chi connectivity index (χ0v) is 11.2. The fraction of sp³-hybridized carbons (Fsp3) is 0.917. The Balaban J connectivity index is 2.18. The number of nitrogens with zero attached hydrogens (tertiary/aromatic N) is 1. The first-order valence-corrected chi connectivity index (χ1v) is 7.28. The van der Waals surface area contributed by atoms with E-state index in [1.54, 1.807) is 11.8 Å². The van der Waals surface area contributed by atoms with Crippen molar-refractivity contribution < 1.29 is 9.53 Å². The summed E-state index contributed by atoms with van der Waals surface area (Å²) in [5.41, 5.74) is 0. The molecule has 1 heterocycles. The molecule has 0 aliphatic carbocycles. The van der Waals surface area contributed by atoms with Gasteiger partial charge < -0.3 is 9.64 Å². The Morgan fingerprint density at radius 2 is 2.06 bits per heavy atom. The van der Waals surface area contributed by atoms with Gasteiger partial charge in [0.05, 0.1) is 11.9 Å². The Bertz CT molecular complexity index is 205. The monoisotopic (exact) mass is 245 g/mol. The molecule has 0 radical (unpaired) electrons. The normalized spacial score (nSPS) is 18.5. The molecule has 1 unspecified atom stereocenters. The van der Waals surface area contributed by atoms with Crippen LogP contribution in [0.25, 0.3) is 0 Å². The average Bonchev–Trinajstić information content (AvgIpc) is 2.34. The van der Waals surface area contributed by atoms with Crippen LogP contribution < -0.4 is 0 Å². The molecule has 16 heavy (non-hydrogen) atoms. The van der Waals surface area contributed by atoms with E-state index in [2.05, 4.69) is 0 Å². The predicted octanol–water partition coefficient (Wildman–Crippen LogP) is 2.16. The molecule has 0 aromatic heterocycles. The molecule has 1 atom stereocenters. The average molecular weight is 245 g/mol. The molecule has 1 aliphatic heterocycles. The van der Waals surface area contributed by atoms with E-state index in [-0.39, 0.29) is 5.25 Å². The van der Waals surface area contributed by atoms with E-state index in [9.17, 15) is 4.79 Å². The van der Waals surface area contributed by atoms with Crippen LogP contribution in [0.5, 0.6) is 0 Å². The maximum absolute atomic E-state index is 12.0. The van der Waals surface area contributed by atoms with Gasteiger partial charge in [-0.15, -0.1) is 11.8 Å². The third-order valence-corrected chi connectivity index (χ3v) is 3.92. The second-order valence-electron chi connectivity index (χ2n) is 4.10. The summed E-state index contributed by atoms with van der Waals surface area (Å²) in [4.78, 5) is 14.0. The molecule has 94 valence electrons. The molecule has 0 aromatic carbocycles. The highest BCUT2D eigenvalue weighted by Gasteiger charge is 2.21. The van der Waals surface area contributed by atoms with Gasteiger partial charge in [-0.2, -0.15) is 0 Å². The van der Waals surface area contributed by atoms with Gasteiger partial charge >= 0.3 is 0 Å². The first-order chi connectivity index (χ1) is 7.75. The van der Waals surface area contributed by atoms with Crippen LogP contribution in [-0.4, -0.2) is 48.1 Å². The molecular weight excluding hydrogens is 222 g/mol. The van der Waals surface area contributed by atoms with E-state index < -0.39 is 0 Å². The van der Waals surface area contributed by atoms with Gasteiger partial charge in [-0.05, 0) is 33.1 Å². The Labute approximate surface area is 103 Å². The maximum atomic E-state index is 12.0. The molecule has 0 saturated carbocycles. The minimum atomic E-state index is 0.0820. The van der Waals surface area contributed by atoms with Crippen LogP contribution in [0.15, 0.2) is 0 Å². The lowest BCUT2D eigenvalue weighted by Crippen LogP contribution is -2.40. The molecule has 1 saturated heterocycles. The van der Waals surface area contributed by atoms with Gasteiger partial charge in [0, 0.05) is 25.4 Å². The van der Waals surface area contributed by atoms with Crippen LogP contribution >= 0.6 is 11.8 Å². The summed E-state index contributed by atoms with van der Waals surface area (Å²) in [5.74, 6) is 1.22. The molecular formula is C12H23NO2S. The number of amides is 1. The topological polar surface area (TPSA) is 29.5 Å². The Hall–Kier alpha value is -0.220. The van der Waals surface area contributed by atoms with Gasteiger partial charge in [0.15, 0.2) is 0 Å². The Morgan fingerprint density at radius 1 is 1.38 bits per heavy atom. The van der Waals surface area contributed by atoms with Crippen LogP contribution in [-0.2, 0) is 9.53 Å². The minimum Gasteiger partial charge on any atom is -0.381 e. The third-order valence-electron chi connectivity index (χ3n) is 2.82. The highest BCUT2D eigenvalue weighted by molar-refractivity contribution is 8.00. The standard InChI is InChI=1S/C12H23NO2S/c1-3-15-9-10-16-11(2)12(14)13-7-5-4-6-8-13/h11H,3-10H2,1-2H3. The molecule has 1 amide bonds. The lowest BCUT2D eigenvalue weighted by molar-refractivity contribution is -0.131. The second kappa shape index (κ2) is 7.96. The van der Waals surface area contributed by atoms with Gasteiger partial charge in [-0.25, -0.2) is 0 Å². The molecule has 3 nitrogen and oxygen atoms in total. The smallest absolute Gasteiger partial charge is 0.235 e. The van der Waals surface area contributed by atoms with Crippen LogP contribution in [0.4, 0.5) is 0 Å². The number of ether oxygens (including phenoxy) is 1. The Kier molecular flexibility index (Phi) is 6.88. The highest BCUT2D eigenvalue weighted by Crippen LogP contribution is 2.16. The zero-order chi connectivity index (χ0) is 11.8. The molecule has 1 rings (SSSR count). The first kappa shape index (κ1) is 13.8. The van der Waals surface area contributed by atoms with Crippen molar-refractivity contribution in [3.8, 4) is 0 Å². The van der Waals surface area contributed by atoms with Crippen molar-refractivity contribution in [3.63, 3.8) is 0 Å². The summed E-state index contributed by atoms with van der Waals surface area (Å²) >= 11 is 1.70. The molecule has 0 bridgehead atoms. The van der Waals surface area contributed by atoms with E-state index in [4.69, 9.17) is 4.74 Å². The summed E-state index contributed by atoms with van der Waals surface area (Å²) in [7, 11) is 0. The lowest BCUT2D eigenvalue weighted by Gasteiger charge is -2.29. The number of piperidine rings is 1. The van der Waals surface area contributed by atoms with Gasteiger partial charge in [0.25, 0.3) is 0 Å². The summed E-state index contributed by atoms with van der Waals surface area (Å²) in [6, 6.07) is 0. The number of rotatable bonds is 6. The fourth-order valence-corrected chi connectivity index (χ4v) is 2.73. The van der Waals surface area contributed by atoms with Crippen molar-refractivity contribution in [1.29, 1.82) is 0 Å². The first-order valence-electron chi connectivity index (χ1n) is 6.24. The van der Waals surface area contributed by atoms with Crippen molar-refractivity contribution in [2.24, 2.45) is 0 Å². The SMILES string of the molecule is CCOCCSC(C)C(=O)N1CCCCC1. The van der Waals surface area contributed by atoms with Gasteiger partial charge in [0.2, 0.25) is 5.91 Å². The third kappa shape index (κ3) is 4.74. The van der Waals surface area contributed by atoms with Gasteiger partial charge in [0.1, 0.15) is 0 Å². The van der Waals surface area contributed by atoms with Crippen LogP contribution in [0.3, 0.4) is 0 Å². The minimum absolute atomic E-state index is 0.0820. The predicted molar refractivity (Wildman–Crippen MR) is 68.8 cm³/mol. The largest absolute Gasteiger partial charge is 0.381 e. The van der Waals surface area contributed by atoms with E-state index >= 15 is 0 Å². The quantitative estimate of drug-likeness (QED) is 0.672. The summed E-state index contributed by atoms with van der Waals surface area (Å²) in [6.45, 7) is 7.42. The van der Waals surface area contributed by atoms with Crippen molar-refractivity contribution >= 4 is 17.7 Å². The number of thioether (sulfide) groups is 1. The molecule has 0 spiro atoms. The van der Waals surface area contributed by atoms with Crippen LogP contribution in [0.1, 0.15) is 33.1 Å². The maximum Gasteiger partial charge on any atom is 0.235 e. The number of hydrogen-bond acceptors (Lipinski definition) is 3. The Morgan fingerprint density at radius 3 is 2.69 bits per heavy atom. The fourth-order valence-electron chi connectivity index (χ4n) is 1.87. The van der Waals surface area contributed by atoms with Crippen molar-refractivity contribution in [2.75, 3.05) is 32.1 Å². The number of likely N-dealkylation sites (tertiary alicyclic amines) is 1. The van der Waals surface area contributed by atoms with Gasteiger partial charge in [-0.1, -0.05) is 0 Å². The molecule has 0 aromatic rings. The van der Waals surface area contributed by atoms with Crippen molar-refractivity contribution in [1.82, 2.24) is 4.90 Å². The summed E-state index contributed by atoms with van der Waals surface area (Å²) in [6.07, 6.45) is 3.61. The van der Waals surface area contributed by atoms with Gasteiger partial charge in [-0.3, -0.25) is 4.79 Å². The molecule has 0 N–H and O–H groups in total. The summed E-state index contributed by atoms with van der Waals surface area (Å²) in [5, 5.41) is 0.0820. The number of carbonyl (C=O) groups is 1. The van der Waals surface area contributed by atoms with E-state index in [1.807, 2.05) is 18.7 Å². The molecule has 4 heteroatoms. The number of hydrogen-bond donors (Lipinski definition) is 0. The van der Waals surface area contributed by atoms with E-state index in [0.717, 1.165) is 32.1 Å². The number of carbonyl (C=O) groups excluding carboxylic acids is 1. The van der Waals surface area contributed by atoms with E-state index in [1.165, 1.54) is 19.3 Å². The molecule has 1 fully saturated rings. The van der Waals surface area contributed by atoms with Crippen LogP contribution in [0.2, 0.25) is 0 Å². The molecule has 1 aliphatic rings. The lowest BCUT2D eigenvalue weighted by atomic mass is 10.1. The second-order valence-corrected chi connectivity index (χ2v) is 5.54.